The summed E-state index contributed by atoms with van der Waals surface area (Å²) < 4.78 is 0. The molecule has 4 nitrogen and oxygen atoms in total. The molecule has 0 amide bonds. The highest BCUT2D eigenvalue weighted by molar-refractivity contribution is 5.53. The van der Waals surface area contributed by atoms with Crippen LogP contribution in [0.1, 0.15) is 39.5 Å². The minimum Gasteiger partial charge on any atom is -0.396 e. The van der Waals surface area contributed by atoms with Gasteiger partial charge in [0.1, 0.15) is 0 Å². The van der Waals surface area contributed by atoms with Crippen molar-refractivity contribution >= 4 is 11.4 Å². The van der Waals surface area contributed by atoms with Crippen molar-refractivity contribution in [1.29, 1.82) is 0 Å². The summed E-state index contributed by atoms with van der Waals surface area (Å²) in [5.74, 6) is 0.530. The van der Waals surface area contributed by atoms with E-state index in [1.807, 2.05) is 12.4 Å². The first-order chi connectivity index (χ1) is 9.30. The number of hydrogen-bond acceptors (Lipinski definition) is 4. The lowest BCUT2D eigenvalue weighted by atomic mass is 10.0. The summed E-state index contributed by atoms with van der Waals surface area (Å²) in [4.78, 5) is 4.23. The topological polar surface area (TPSA) is 57.2 Å². The maximum atomic E-state index is 9.05. The molecule has 0 fully saturated rings. The largest absolute Gasteiger partial charge is 0.396 e. The minimum absolute atomic E-state index is 0.267. The van der Waals surface area contributed by atoms with Gasteiger partial charge in [-0.2, -0.15) is 0 Å². The molecule has 3 N–H and O–H groups in total. The summed E-state index contributed by atoms with van der Waals surface area (Å²) in [7, 11) is 0. The number of aromatic nitrogens is 1. The van der Waals surface area contributed by atoms with Gasteiger partial charge in [-0.05, 0) is 31.2 Å². The Bertz CT molecular complexity index is 338. The third kappa shape index (κ3) is 6.43. The lowest BCUT2D eigenvalue weighted by Crippen LogP contribution is -2.16. The van der Waals surface area contributed by atoms with Crippen LogP contribution in [0, 0.1) is 5.92 Å². The van der Waals surface area contributed by atoms with E-state index in [-0.39, 0.29) is 6.61 Å². The second-order valence-electron chi connectivity index (χ2n) is 4.94. The van der Waals surface area contributed by atoms with E-state index >= 15 is 0 Å². The van der Waals surface area contributed by atoms with Gasteiger partial charge in [0, 0.05) is 19.7 Å². The van der Waals surface area contributed by atoms with E-state index in [4.69, 9.17) is 5.11 Å². The number of nitrogens with zero attached hydrogens (tertiary/aromatic N) is 1. The predicted molar refractivity (Wildman–Crippen MR) is 81.6 cm³/mol. The summed E-state index contributed by atoms with van der Waals surface area (Å²) in [5, 5.41) is 15.8. The highest BCUT2D eigenvalue weighted by Crippen LogP contribution is 2.16. The summed E-state index contributed by atoms with van der Waals surface area (Å²) in [5.41, 5.74) is 2.10. The average molecular weight is 265 g/mol. The van der Waals surface area contributed by atoms with Gasteiger partial charge in [0.05, 0.1) is 23.8 Å². The highest BCUT2D eigenvalue weighted by atomic mass is 16.3. The molecule has 1 heterocycles. The molecule has 19 heavy (non-hydrogen) atoms. The van der Waals surface area contributed by atoms with Crippen LogP contribution in [-0.2, 0) is 0 Å². The van der Waals surface area contributed by atoms with Gasteiger partial charge in [0.15, 0.2) is 0 Å². The zero-order valence-corrected chi connectivity index (χ0v) is 12.2. The van der Waals surface area contributed by atoms with Crippen molar-refractivity contribution in [3.05, 3.63) is 18.5 Å². The summed E-state index contributed by atoms with van der Waals surface area (Å²) in [6.45, 7) is 6.46. The van der Waals surface area contributed by atoms with Crippen LogP contribution in [0.5, 0.6) is 0 Å². The van der Waals surface area contributed by atoms with Gasteiger partial charge in [0.2, 0.25) is 0 Å². The molecule has 1 unspecified atom stereocenters. The van der Waals surface area contributed by atoms with E-state index in [9.17, 15) is 0 Å². The third-order valence-corrected chi connectivity index (χ3v) is 3.15. The number of aliphatic hydroxyl groups excluding tert-OH is 1. The maximum Gasteiger partial charge on any atom is 0.0547 e. The number of anilines is 2. The number of rotatable bonds is 10. The Labute approximate surface area is 116 Å². The predicted octanol–water partition coefficient (Wildman–Crippen LogP) is 3.11. The second kappa shape index (κ2) is 9.62. The average Bonchev–Trinajstić information content (AvgIpc) is 2.43. The normalized spacial score (nSPS) is 12.2. The van der Waals surface area contributed by atoms with Crippen LogP contribution < -0.4 is 10.6 Å². The SMILES string of the molecule is CCCNc1cncc(NCC(CCC)CCO)c1. The maximum absolute atomic E-state index is 9.05. The first-order valence-corrected chi connectivity index (χ1v) is 7.33. The molecule has 0 saturated carbocycles. The van der Waals surface area contributed by atoms with Crippen LogP contribution in [0.2, 0.25) is 0 Å². The fourth-order valence-electron chi connectivity index (χ4n) is 2.10. The Morgan fingerprint density at radius 2 is 1.84 bits per heavy atom. The molecule has 108 valence electrons. The van der Waals surface area contributed by atoms with Gasteiger partial charge in [-0.25, -0.2) is 0 Å². The van der Waals surface area contributed by atoms with Crippen LogP contribution >= 0.6 is 0 Å². The van der Waals surface area contributed by atoms with Crippen molar-refractivity contribution in [1.82, 2.24) is 4.98 Å². The quantitative estimate of drug-likeness (QED) is 0.608. The van der Waals surface area contributed by atoms with Gasteiger partial charge in [-0.3, -0.25) is 4.98 Å². The fraction of sp³-hybridized carbons (Fsp3) is 0.667. The molecule has 1 aromatic rings. The van der Waals surface area contributed by atoms with Crippen molar-refractivity contribution in [3.8, 4) is 0 Å². The zero-order valence-electron chi connectivity index (χ0n) is 12.2. The van der Waals surface area contributed by atoms with E-state index in [1.54, 1.807) is 0 Å². The standard InChI is InChI=1S/C15H27N3O/c1-3-5-13(6-8-19)10-18-15-9-14(11-16-12-15)17-7-4-2/h9,11-13,17-19H,3-8,10H2,1-2H3. The molecule has 0 radical (unpaired) electrons. The number of pyridine rings is 1. The zero-order chi connectivity index (χ0) is 13.9. The molecular formula is C15H27N3O. The molecule has 1 aromatic heterocycles. The van der Waals surface area contributed by atoms with Crippen LogP contribution in [0.3, 0.4) is 0 Å². The van der Waals surface area contributed by atoms with Crippen LogP contribution in [0.25, 0.3) is 0 Å². The molecule has 0 aromatic carbocycles. The summed E-state index contributed by atoms with van der Waals surface area (Å²) in [6, 6.07) is 2.09. The molecule has 0 saturated heterocycles. The van der Waals surface area contributed by atoms with Gasteiger partial charge in [-0.1, -0.05) is 20.3 Å². The molecule has 0 aliphatic carbocycles. The van der Waals surface area contributed by atoms with E-state index in [2.05, 4.69) is 35.5 Å². The molecule has 0 aliphatic rings. The Morgan fingerprint density at radius 3 is 2.47 bits per heavy atom. The Morgan fingerprint density at radius 1 is 1.11 bits per heavy atom. The van der Waals surface area contributed by atoms with Crippen molar-refractivity contribution in [2.45, 2.75) is 39.5 Å². The molecule has 1 atom stereocenters. The third-order valence-electron chi connectivity index (χ3n) is 3.15. The minimum atomic E-state index is 0.267. The van der Waals surface area contributed by atoms with Crippen LogP contribution in [0.15, 0.2) is 18.5 Å². The van der Waals surface area contributed by atoms with Gasteiger partial charge < -0.3 is 15.7 Å². The molecule has 0 aliphatic heterocycles. The summed E-state index contributed by atoms with van der Waals surface area (Å²) >= 11 is 0. The first kappa shape index (κ1) is 15.8. The molecule has 0 bridgehead atoms. The van der Waals surface area contributed by atoms with E-state index in [0.29, 0.717) is 5.92 Å². The van der Waals surface area contributed by atoms with Gasteiger partial charge >= 0.3 is 0 Å². The monoisotopic (exact) mass is 265 g/mol. The number of nitrogens with one attached hydrogen (secondary N) is 2. The fourth-order valence-corrected chi connectivity index (χ4v) is 2.10. The number of hydrogen-bond donors (Lipinski definition) is 3. The van der Waals surface area contributed by atoms with E-state index in [0.717, 1.165) is 50.1 Å². The molecule has 0 spiro atoms. The highest BCUT2D eigenvalue weighted by Gasteiger charge is 2.07. The van der Waals surface area contributed by atoms with E-state index in [1.165, 1.54) is 0 Å². The first-order valence-electron chi connectivity index (χ1n) is 7.33. The van der Waals surface area contributed by atoms with Crippen LogP contribution in [-0.4, -0.2) is 29.8 Å². The van der Waals surface area contributed by atoms with E-state index < -0.39 is 0 Å². The summed E-state index contributed by atoms with van der Waals surface area (Å²) in [6.07, 6.45) is 7.96. The Kier molecular flexibility index (Phi) is 7.98. The van der Waals surface area contributed by atoms with Crippen molar-refractivity contribution in [3.63, 3.8) is 0 Å². The van der Waals surface area contributed by atoms with Crippen molar-refractivity contribution in [2.24, 2.45) is 5.92 Å². The van der Waals surface area contributed by atoms with Gasteiger partial charge in [0.25, 0.3) is 0 Å². The molecule has 4 heteroatoms. The van der Waals surface area contributed by atoms with Gasteiger partial charge in [-0.15, -0.1) is 0 Å². The Balaban J connectivity index is 2.46. The smallest absolute Gasteiger partial charge is 0.0547 e. The van der Waals surface area contributed by atoms with Crippen LogP contribution in [0.4, 0.5) is 11.4 Å². The Hall–Kier alpha value is -1.29. The number of aliphatic hydroxyl groups is 1. The molecular weight excluding hydrogens is 238 g/mol. The lowest BCUT2D eigenvalue weighted by molar-refractivity contribution is 0.255. The second-order valence-corrected chi connectivity index (χ2v) is 4.94. The molecule has 1 rings (SSSR count). The van der Waals surface area contributed by atoms with Crippen molar-refractivity contribution in [2.75, 3.05) is 30.3 Å². The lowest BCUT2D eigenvalue weighted by Gasteiger charge is -2.16. The van der Waals surface area contributed by atoms with Crippen molar-refractivity contribution < 1.29 is 5.11 Å².